The lowest BCUT2D eigenvalue weighted by molar-refractivity contribution is 0.0727. The van der Waals surface area contributed by atoms with Crippen molar-refractivity contribution < 1.29 is 14.3 Å². The summed E-state index contributed by atoms with van der Waals surface area (Å²) >= 11 is 0. The minimum atomic E-state index is -0.696. The van der Waals surface area contributed by atoms with Gasteiger partial charge in [0.15, 0.2) is 0 Å². The number of hydrogen-bond acceptors (Lipinski definition) is 3. The summed E-state index contributed by atoms with van der Waals surface area (Å²) in [6.45, 7) is 2.50. The van der Waals surface area contributed by atoms with Gasteiger partial charge in [-0.15, -0.1) is 0 Å². The molecular weight excluding hydrogens is 285 g/mol. The Kier molecular flexibility index (Phi) is 3.60. The molecule has 2 aromatic rings. The molecule has 0 aliphatic carbocycles. The Labute approximate surface area is 128 Å². The summed E-state index contributed by atoms with van der Waals surface area (Å²) in [6.07, 6.45) is 3.42. The van der Waals surface area contributed by atoms with Crippen LogP contribution in [0.2, 0.25) is 0 Å². The van der Waals surface area contributed by atoms with Crippen LogP contribution in [0.4, 0.5) is 4.39 Å². The molecular formula is C16H18FN3O2. The van der Waals surface area contributed by atoms with Crippen LogP contribution in [-0.2, 0) is 7.05 Å². The van der Waals surface area contributed by atoms with E-state index in [0.29, 0.717) is 6.54 Å². The highest BCUT2D eigenvalue weighted by Crippen LogP contribution is 2.36. The number of aromatic hydroxyl groups is 1. The van der Waals surface area contributed by atoms with Gasteiger partial charge in [0, 0.05) is 24.8 Å². The van der Waals surface area contributed by atoms with Crippen LogP contribution in [0.5, 0.6) is 5.75 Å². The van der Waals surface area contributed by atoms with Crippen LogP contribution in [0, 0.1) is 12.7 Å². The van der Waals surface area contributed by atoms with Crippen molar-refractivity contribution in [3.8, 4) is 5.75 Å². The van der Waals surface area contributed by atoms with Crippen LogP contribution in [0.25, 0.3) is 0 Å². The Morgan fingerprint density at radius 3 is 2.86 bits per heavy atom. The Morgan fingerprint density at radius 1 is 1.45 bits per heavy atom. The van der Waals surface area contributed by atoms with E-state index < -0.39 is 11.7 Å². The summed E-state index contributed by atoms with van der Waals surface area (Å²) in [6, 6.07) is 3.78. The maximum absolute atomic E-state index is 13.9. The number of benzene rings is 1. The maximum Gasteiger partial charge on any atom is 0.261 e. The van der Waals surface area contributed by atoms with Crippen molar-refractivity contribution in [2.45, 2.75) is 25.8 Å². The molecule has 1 fully saturated rings. The average molecular weight is 303 g/mol. The Morgan fingerprint density at radius 2 is 2.23 bits per heavy atom. The van der Waals surface area contributed by atoms with E-state index in [2.05, 4.69) is 5.10 Å². The third-order valence-corrected chi connectivity index (χ3v) is 4.35. The first-order valence-corrected chi connectivity index (χ1v) is 7.27. The highest BCUT2D eigenvalue weighted by atomic mass is 19.1. The van der Waals surface area contributed by atoms with Gasteiger partial charge in [0.05, 0.1) is 12.2 Å². The number of hydrogen-bond donors (Lipinski definition) is 1. The summed E-state index contributed by atoms with van der Waals surface area (Å²) in [5.74, 6) is -1.49. The summed E-state index contributed by atoms with van der Waals surface area (Å²) < 4.78 is 15.7. The molecule has 1 unspecified atom stereocenters. The molecule has 1 amide bonds. The second-order valence-corrected chi connectivity index (χ2v) is 5.60. The fraction of sp³-hybridized carbons (Fsp3) is 0.375. The molecule has 0 radical (unpaired) electrons. The largest absolute Gasteiger partial charge is 0.507 e. The quantitative estimate of drug-likeness (QED) is 0.927. The van der Waals surface area contributed by atoms with Gasteiger partial charge in [0.2, 0.25) is 0 Å². The van der Waals surface area contributed by atoms with Crippen molar-refractivity contribution >= 4 is 5.91 Å². The van der Waals surface area contributed by atoms with Crippen molar-refractivity contribution in [3.05, 3.63) is 47.0 Å². The van der Waals surface area contributed by atoms with Gasteiger partial charge in [0.1, 0.15) is 17.1 Å². The molecule has 0 saturated carbocycles. The average Bonchev–Trinajstić information content (AvgIpc) is 3.07. The number of nitrogens with zero attached hydrogens (tertiary/aromatic N) is 3. The molecule has 1 saturated heterocycles. The summed E-state index contributed by atoms with van der Waals surface area (Å²) in [5.41, 5.74) is 1.71. The number of likely N-dealkylation sites (tertiary alicyclic amines) is 1. The van der Waals surface area contributed by atoms with Gasteiger partial charge in [-0.25, -0.2) is 4.39 Å². The molecule has 3 rings (SSSR count). The topological polar surface area (TPSA) is 58.4 Å². The number of phenolic OH excluding ortho intramolecular Hbond substituents is 1. The SMILES string of the molecule is Cc1c(C2CCCN2C(=O)c2c(O)cccc2F)cnn1C. The smallest absolute Gasteiger partial charge is 0.261 e. The van der Waals surface area contributed by atoms with Crippen molar-refractivity contribution in [1.29, 1.82) is 0 Å². The fourth-order valence-corrected chi connectivity index (χ4v) is 3.04. The van der Waals surface area contributed by atoms with Crippen molar-refractivity contribution in [3.63, 3.8) is 0 Å². The third-order valence-electron chi connectivity index (χ3n) is 4.35. The number of aromatic nitrogens is 2. The fourth-order valence-electron chi connectivity index (χ4n) is 3.04. The summed E-state index contributed by atoms with van der Waals surface area (Å²) in [7, 11) is 1.85. The number of aryl methyl sites for hydroxylation is 1. The second-order valence-electron chi connectivity index (χ2n) is 5.60. The molecule has 1 aliphatic rings. The van der Waals surface area contributed by atoms with Gasteiger partial charge >= 0.3 is 0 Å². The van der Waals surface area contributed by atoms with Crippen LogP contribution in [0.3, 0.4) is 0 Å². The molecule has 1 N–H and O–H groups in total. The van der Waals surface area contributed by atoms with Crippen LogP contribution in [0.15, 0.2) is 24.4 Å². The Balaban J connectivity index is 1.97. The molecule has 116 valence electrons. The van der Waals surface area contributed by atoms with Gasteiger partial charge in [-0.1, -0.05) is 6.07 Å². The lowest BCUT2D eigenvalue weighted by atomic mass is 10.0. The van der Waals surface area contributed by atoms with Gasteiger partial charge in [-0.3, -0.25) is 9.48 Å². The van der Waals surface area contributed by atoms with E-state index in [0.717, 1.165) is 24.1 Å². The van der Waals surface area contributed by atoms with Crippen molar-refractivity contribution in [2.24, 2.45) is 7.05 Å². The van der Waals surface area contributed by atoms with Gasteiger partial charge in [-0.2, -0.15) is 5.10 Å². The predicted molar refractivity (Wildman–Crippen MR) is 79.0 cm³/mol. The number of halogens is 1. The molecule has 1 atom stereocenters. The molecule has 1 aromatic heterocycles. The molecule has 22 heavy (non-hydrogen) atoms. The van der Waals surface area contributed by atoms with Gasteiger partial charge in [0.25, 0.3) is 5.91 Å². The molecule has 5 nitrogen and oxygen atoms in total. The van der Waals surface area contributed by atoms with Gasteiger partial charge < -0.3 is 10.0 Å². The maximum atomic E-state index is 13.9. The summed E-state index contributed by atoms with van der Waals surface area (Å²) in [5, 5.41) is 14.1. The van der Waals surface area contributed by atoms with Crippen molar-refractivity contribution in [1.82, 2.24) is 14.7 Å². The molecule has 0 bridgehead atoms. The number of rotatable bonds is 2. The lowest BCUT2D eigenvalue weighted by Crippen LogP contribution is -2.31. The van der Waals surface area contributed by atoms with Crippen molar-refractivity contribution in [2.75, 3.05) is 6.54 Å². The minimum Gasteiger partial charge on any atom is -0.507 e. The highest BCUT2D eigenvalue weighted by molar-refractivity contribution is 5.97. The number of phenols is 1. The number of carbonyl (C=O) groups is 1. The van der Waals surface area contributed by atoms with Crippen LogP contribution in [0.1, 0.15) is 40.5 Å². The number of amides is 1. The monoisotopic (exact) mass is 303 g/mol. The first-order valence-electron chi connectivity index (χ1n) is 7.27. The second kappa shape index (κ2) is 5.44. The molecule has 6 heteroatoms. The van der Waals surface area contributed by atoms with E-state index >= 15 is 0 Å². The van der Waals surface area contributed by atoms with Crippen LogP contribution < -0.4 is 0 Å². The van der Waals surface area contributed by atoms with Crippen LogP contribution >= 0.6 is 0 Å². The first-order chi connectivity index (χ1) is 10.5. The zero-order chi connectivity index (χ0) is 15.9. The Hall–Kier alpha value is -2.37. The normalized spacial score (nSPS) is 18.0. The van der Waals surface area contributed by atoms with E-state index in [9.17, 15) is 14.3 Å². The molecule has 1 aliphatic heterocycles. The van der Waals surface area contributed by atoms with Gasteiger partial charge in [-0.05, 0) is 31.9 Å². The minimum absolute atomic E-state index is 0.125. The standard InChI is InChI=1S/C16H18FN3O2/c1-10-11(9-18-19(10)2)13-6-4-8-20(13)16(22)15-12(17)5-3-7-14(15)21/h3,5,7,9,13,21H,4,6,8H2,1-2H3. The highest BCUT2D eigenvalue weighted by Gasteiger charge is 2.34. The zero-order valence-electron chi connectivity index (χ0n) is 12.6. The molecule has 2 heterocycles. The van der Waals surface area contributed by atoms with E-state index in [-0.39, 0.29) is 17.4 Å². The molecule has 1 aromatic carbocycles. The van der Waals surface area contributed by atoms with E-state index in [1.807, 2.05) is 14.0 Å². The van der Waals surface area contributed by atoms with E-state index in [1.54, 1.807) is 15.8 Å². The number of carbonyl (C=O) groups excluding carboxylic acids is 1. The molecule has 0 spiro atoms. The lowest BCUT2D eigenvalue weighted by Gasteiger charge is -2.25. The Bertz CT molecular complexity index is 706. The first kappa shape index (κ1) is 14.6. The predicted octanol–water partition coefficient (Wildman–Crippen LogP) is 2.55. The van der Waals surface area contributed by atoms with E-state index in [1.165, 1.54) is 18.2 Å². The third kappa shape index (κ3) is 2.24. The zero-order valence-corrected chi connectivity index (χ0v) is 12.6. The van der Waals surface area contributed by atoms with Crippen LogP contribution in [-0.4, -0.2) is 32.2 Å². The summed E-state index contributed by atoms with van der Waals surface area (Å²) in [4.78, 5) is 14.3. The van der Waals surface area contributed by atoms with E-state index in [4.69, 9.17) is 0 Å².